The van der Waals surface area contributed by atoms with Gasteiger partial charge in [-0.15, -0.1) is 0 Å². The van der Waals surface area contributed by atoms with Gasteiger partial charge in [0, 0.05) is 17.6 Å². The van der Waals surface area contributed by atoms with Crippen LogP contribution in [-0.2, 0) is 4.79 Å². The number of carbonyl (C=O) groups is 2. The van der Waals surface area contributed by atoms with Crippen molar-refractivity contribution in [3.63, 3.8) is 0 Å². The van der Waals surface area contributed by atoms with Crippen LogP contribution in [0.1, 0.15) is 30.1 Å². The number of rotatable bonds is 5. The molecule has 1 aliphatic carbocycles. The summed E-state index contributed by atoms with van der Waals surface area (Å²) in [5.74, 6) is -2.82. The van der Waals surface area contributed by atoms with Gasteiger partial charge in [-0.25, -0.2) is 4.39 Å². The van der Waals surface area contributed by atoms with Crippen molar-refractivity contribution in [1.82, 2.24) is 4.90 Å². The number of carboxylic acid groups (broad SMARTS) is 1. The van der Waals surface area contributed by atoms with E-state index in [0.717, 1.165) is 18.9 Å². The van der Waals surface area contributed by atoms with Crippen molar-refractivity contribution in [3.8, 4) is 0 Å². The third kappa shape index (κ3) is 3.28. The maximum atomic E-state index is 13.8. The van der Waals surface area contributed by atoms with Crippen molar-refractivity contribution in [3.05, 3.63) is 34.6 Å². The Morgan fingerprint density at radius 1 is 1.50 bits per heavy atom. The molecule has 1 fully saturated rings. The lowest BCUT2D eigenvalue weighted by Gasteiger charge is -2.24. The van der Waals surface area contributed by atoms with Gasteiger partial charge in [0.05, 0.1) is 11.5 Å². The van der Waals surface area contributed by atoms with Gasteiger partial charge in [0.1, 0.15) is 5.82 Å². The van der Waals surface area contributed by atoms with E-state index >= 15 is 0 Å². The zero-order valence-corrected chi connectivity index (χ0v) is 11.7. The first kappa shape index (κ1) is 14.8. The number of carbonyl (C=O) groups excluding carboxylic acids is 1. The zero-order chi connectivity index (χ0) is 14.9. The van der Waals surface area contributed by atoms with E-state index < -0.39 is 23.6 Å². The van der Waals surface area contributed by atoms with Crippen LogP contribution in [0.4, 0.5) is 4.39 Å². The van der Waals surface area contributed by atoms with Crippen molar-refractivity contribution in [2.75, 3.05) is 6.54 Å². The molecule has 20 heavy (non-hydrogen) atoms. The summed E-state index contributed by atoms with van der Waals surface area (Å²) in [6.45, 7) is 1.62. The molecule has 0 radical (unpaired) electrons. The first-order chi connectivity index (χ1) is 9.40. The number of hydrogen-bond donors (Lipinski definition) is 1. The fourth-order valence-electron chi connectivity index (χ4n) is 1.97. The van der Waals surface area contributed by atoms with Crippen molar-refractivity contribution < 1.29 is 19.1 Å². The highest BCUT2D eigenvalue weighted by Gasteiger charge is 2.35. The average molecular weight is 300 g/mol. The third-order valence-corrected chi connectivity index (χ3v) is 3.54. The lowest BCUT2D eigenvalue weighted by atomic mass is 10.1. The van der Waals surface area contributed by atoms with Crippen molar-refractivity contribution in [2.24, 2.45) is 5.92 Å². The number of nitrogens with zero attached hydrogens (tertiary/aromatic N) is 1. The number of benzene rings is 1. The molecule has 108 valence electrons. The topological polar surface area (TPSA) is 57.6 Å². The second-order valence-corrected chi connectivity index (χ2v) is 5.49. The van der Waals surface area contributed by atoms with Crippen molar-refractivity contribution in [1.29, 1.82) is 0 Å². The highest BCUT2D eigenvalue weighted by molar-refractivity contribution is 6.30. The first-order valence-corrected chi connectivity index (χ1v) is 6.76. The van der Waals surface area contributed by atoms with Crippen LogP contribution in [0.15, 0.2) is 18.2 Å². The molecule has 0 saturated heterocycles. The van der Waals surface area contributed by atoms with Gasteiger partial charge in [-0.05, 0) is 31.0 Å². The molecule has 4 nitrogen and oxygen atoms in total. The van der Waals surface area contributed by atoms with Crippen LogP contribution in [0.25, 0.3) is 0 Å². The summed E-state index contributed by atoms with van der Waals surface area (Å²) in [6.07, 6.45) is 1.65. The Morgan fingerprint density at radius 2 is 2.15 bits per heavy atom. The molecule has 0 bridgehead atoms. The molecular formula is C14H15ClFNO3. The molecule has 6 heteroatoms. The van der Waals surface area contributed by atoms with E-state index in [2.05, 4.69) is 0 Å². The van der Waals surface area contributed by atoms with Gasteiger partial charge < -0.3 is 10.0 Å². The fourth-order valence-corrected chi connectivity index (χ4v) is 2.13. The summed E-state index contributed by atoms with van der Waals surface area (Å²) in [4.78, 5) is 24.7. The smallest absolute Gasteiger partial charge is 0.308 e. The van der Waals surface area contributed by atoms with Crippen LogP contribution in [0.5, 0.6) is 0 Å². The summed E-state index contributed by atoms with van der Waals surface area (Å²) >= 11 is 5.66. The Labute approximate surface area is 121 Å². The molecule has 1 aromatic carbocycles. The Kier molecular flexibility index (Phi) is 4.28. The third-order valence-electron chi connectivity index (χ3n) is 3.30. The van der Waals surface area contributed by atoms with Gasteiger partial charge in [0.15, 0.2) is 0 Å². The summed E-state index contributed by atoms with van der Waals surface area (Å²) < 4.78 is 13.8. The van der Waals surface area contributed by atoms with Crippen molar-refractivity contribution in [2.45, 2.75) is 25.8 Å². The standard InChI is InChI=1S/C14H15ClFNO3/c1-8(14(19)20)7-17(10-3-4-10)13(18)11-5-2-9(15)6-12(11)16/h2,5-6,8,10H,3-4,7H2,1H3,(H,19,20). The van der Waals surface area contributed by atoms with E-state index in [1.165, 1.54) is 24.0 Å². The second-order valence-electron chi connectivity index (χ2n) is 5.05. The lowest BCUT2D eigenvalue weighted by Crippen LogP contribution is -2.39. The van der Waals surface area contributed by atoms with E-state index in [1.807, 2.05) is 0 Å². The van der Waals surface area contributed by atoms with E-state index in [0.29, 0.717) is 0 Å². The molecule has 1 unspecified atom stereocenters. The van der Waals surface area contributed by atoms with E-state index in [1.54, 1.807) is 0 Å². The molecule has 1 N–H and O–H groups in total. The van der Waals surface area contributed by atoms with Crippen LogP contribution in [-0.4, -0.2) is 34.5 Å². The Morgan fingerprint density at radius 3 is 2.65 bits per heavy atom. The molecule has 2 rings (SSSR count). The monoisotopic (exact) mass is 299 g/mol. The first-order valence-electron chi connectivity index (χ1n) is 6.39. The highest BCUT2D eigenvalue weighted by atomic mass is 35.5. The highest BCUT2D eigenvalue weighted by Crippen LogP contribution is 2.30. The molecule has 1 amide bonds. The second kappa shape index (κ2) is 5.79. The average Bonchev–Trinajstić information content (AvgIpc) is 3.19. The quantitative estimate of drug-likeness (QED) is 0.909. The van der Waals surface area contributed by atoms with Crippen LogP contribution in [0, 0.1) is 11.7 Å². The molecule has 0 aliphatic heterocycles. The minimum Gasteiger partial charge on any atom is -0.481 e. The number of halogens is 2. The normalized spacial score (nSPS) is 15.8. The van der Waals surface area contributed by atoms with E-state index in [-0.39, 0.29) is 23.2 Å². The molecule has 1 aliphatic rings. The van der Waals surface area contributed by atoms with E-state index in [4.69, 9.17) is 16.7 Å². The Balaban J connectivity index is 2.20. The summed E-state index contributed by atoms with van der Waals surface area (Å²) in [5, 5.41) is 9.17. The minimum absolute atomic E-state index is 0.0133. The summed E-state index contributed by atoms with van der Waals surface area (Å²) in [7, 11) is 0. The van der Waals surface area contributed by atoms with Crippen molar-refractivity contribution >= 4 is 23.5 Å². The van der Waals surface area contributed by atoms with E-state index in [9.17, 15) is 14.0 Å². The van der Waals surface area contributed by atoms with Gasteiger partial charge in [0.2, 0.25) is 0 Å². The van der Waals surface area contributed by atoms with Gasteiger partial charge in [-0.2, -0.15) is 0 Å². The largest absolute Gasteiger partial charge is 0.481 e. The molecule has 1 saturated carbocycles. The number of amides is 1. The van der Waals surface area contributed by atoms with Crippen LogP contribution in [0.3, 0.4) is 0 Å². The molecule has 1 aromatic rings. The molecule has 1 atom stereocenters. The maximum Gasteiger partial charge on any atom is 0.308 e. The fraction of sp³-hybridized carbons (Fsp3) is 0.429. The molecule has 0 aromatic heterocycles. The minimum atomic E-state index is -0.972. The molecule has 0 heterocycles. The van der Waals surface area contributed by atoms with Crippen LogP contribution < -0.4 is 0 Å². The van der Waals surface area contributed by atoms with Crippen LogP contribution in [0.2, 0.25) is 5.02 Å². The maximum absolute atomic E-state index is 13.8. The van der Waals surface area contributed by atoms with Gasteiger partial charge in [-0.1, -0.05) is 18.5 Å². The van der Waals surface area contributed by atoms with Gasteiger partial charge in [-0.3, -0.25) is 9.59 Å². The van der Waals surface area contributed by atoms with Gasteiger partial charge >= 0.3 is 5.97 Å². The number of carboxylic acids is 1. The number of hydrogen-bond acceptors (Lipinski definition) is 2. The molecule has 0 spiro atoms. The molecular weight excluding hydrogens is 285 g/mol. The van der Waals surface area contributed by atoms with Gasteiger partial charge in [0.25, 0.3) is 5.91 Å². The predicted octanol–water partition coefficient (Wildman–Crippen LogP) is 2.80. The Hall–Kier alpha value is -1.62. The summed E-state index contributed by atoms with van der Waals surface area (Å²) in [5.41, 5.74) is -0.0705. The Bertz CT molecular complexity index is 545. The lowest BCUT2D eigenvalue weighted by molar-refractivity contribution is -0.141. The number of aliphatic carboxylic acids is 1. The van der Waals surface area contributed by atoms with Crippen LogP contribution >= 0.6 is 11.6 Å². The zero-order valence-electron chi connectivity index (χ0n) is 11.0. The predicted molar refractivity (Wildman–Crippen MR) is 72.3 cm³/mol. The summed E-state index contributed by atoms with van der Waals surface area (Å²) in [6, 6.07) is 3.88. The SMILES string of the molecule is CC(CN(C(=O)c1ccc(Cl)cc1F)C1CC1)C(=O)O.